The molecule has 0 spiro atoms. The Bertz CT molecular complexity index is 685. The number of nitrogens with two attached hydrogens (primary N) is 1. The summed E-state index contributed by atoms with van der Waals surface area (Å²) < 4.78 is 39.1. The predicted molar refractivity (Wildman–Crippen MR) is 76.7 cm³/mol. The summed E-state index contributed by atoms with van der Waals surface area (Å²) in [5.41, 5.74) is 7.45. The molecule has 0 heterocycles. The molecule has 0 aliphatic carbocycles. The van der Waals surface area contributed by atoms with Gasteiger partial charge in [-0.1, -0.05) is 24.3 Å². The molecule has 0 saturated heterocycles. The zero-order valence-corrected chi connectivity index (χ0v) is 11.5. The first-order valence-corrected chi connectivity index (χ1v) is 7.66. The van der Waals surface area contributed by atoms with E-state index in [9.17, 15) is 12.8 Å². The van der Waals surface area contributed by atoms with Crippen LogP contribution >= 0.6 is 0 Å². The van der Waals surface area contributed by atoms with Crippen LogP contribution in [0.3, 0.4) is 0 Å². The van der Waals surface area contributed by atoms with Crippen LogP contribution in [-0.4, -0.2) is 8.42 Å². The number of benzene rings is 2. The van der Waals surface area contributed by atoms with Crippen LogP contribution in [0.15, 0.2) is 48.5 Å². The van der Waals surface area contributed by atoms with Gasteiger partial charge in [0.1, 0.15) is 5.82 Å². The van der Waals surface area contributed by atoms with Gasteiger partial charge in [0.05, 0.1) is 5.75 Å². The molecule has 0 amide bonds. The highest BCUT2D eigenvalue weighted by atomic mass is 32.2. The molecule has 0 aliphatic rings. The maximum absolute atomic E-state index is 12.7. The number of halogens is 1. The molecule has 0 unspecified atom stereocenters. The predicted octanol–water partition coefficient (Wildman–Crippen LogP) is 2.03. The van der Waals surface area contributed by atoms with Crippen molar-refractivity contribution in [3.05, 3.63) is 65.5 Å². The Hall–Kier alpha value is -1.92. The van der Waals surface area contributed by atoms with E-state index in [1.807, 2.05) is 0 Å². The van der Waals surface area contributed by atoms with E-state index in [-0.39, 0.29) is 18.1 Å². The standard InChI is InChI=1S/C14H15FN2O2S/c15-13-6-4-11(5-7-13)9-17-20(18,19)10-12-2-1-3-14(16)8-12/h1-8,17H,9-10,16H2. The number of rotatable bonds is 5. The summed E-state index contributed by atoms with van der Waals surface area (Å²) in [5.74, 6) is -0.490. The number of nitrogen functional groups attached to an aromatic ring is 1. The number of hydrogen-bond donors (Lipinski definition) is 2. The smallest absolute Gasteiger partial charge is 0.216 e. The first kappa shape index (κ1) is 14.5. The third-order valence-electron chi connectivity index (χ3n) is 2.72. The van der Waals surface area contributed by atoms with E-state index in [0.717, 1.165) is 0 Å². The third-order valence-corrected chi connectivity index (χ3v) is 4.01. The van der Waals surface area contributed by atoms with Crippen LogP contribution < -0.4 is 10.5 Å². The summed E-state index contributed by atoms with van der Waals surface area (Å²) in [6.07, 6.45) is 0. The van der Waals surface area contributed by atoms with E-state index < -0.39 is 10.0 Å². The summed E-state index contributed by atoms with van der Waals surface area (Å²) in [4.78, 5) is 0. The largest absolute Gasteiger partial charge is 0.399 e. The maximum atomic E-state index is 12.7. The van der Waals surface area contributed by atoms with Crippen molar-refractivity contribution in [1.82, 2.24) is 4.72 Å². The average molecular weight is 294 g/mol. The molecule has 2 aromatic rings. The summed E-state index contributed by atoms with van der Waals surface area (Å²) in [6, 6.07) is 12.4. The van der Waals surface area contributed by atoms with Crippen molar-refractivity contribution in [2.45, 2.75) is 12.3 Å². The van der Waals surface area contributed by atoms with Gasteiger partial charge in [0, 0.05) is 12.2 Å². The lowest BCUT2D eigenvalue weighted by atomic mass is 10.2. The van der Waals surface area contributed by atoms with Crippen LogP contribution in [0.2, 0.25) is 0 Å². The molecule has 0 aliphatic heterocycles. The van der Waals surface area contributed by atoms with Crippen LogP contribution in [0.4, 0.5) is 10.1 Å². The molecule has 20 heavy (non-hydrogen) atoms. The van der Waals surface area contributed by atoms with Gasteiger partial charge in [-0.2, -0.15) is 0 Å². The van der Waals surface area contributed by atoms with Gasteiger partial charge in [-0.15, -0.1) is 0 Å². The zero-order chi connectivity index (χ0) is 14.6. The first-order chi connectivity index (χ1) is 9.44. The topological polar surface area (TPSA) is 72.2 Å². The molecule has 0 radical (unpaired) electrons. The normalized spacial score (nSPS) is 11.4. The Kier molecular flexibility index (Phi) is 4.36. The molecular formula is C14H15FN2O2S. The fraction of sp³-hybridized carbons (Fsp3) is 0.143. The molecule has 3 N–H and O–H groups in total. The molecule has 2 aromatic carbocycles. The van der Waals surface area contributed by atoms with Gasteiger partial charge in [-0.3, -0.25) is 0 Å². The van der Waals surface area contributed by atoms with Crippen LogP contribution in [0.5, 0.6) is 0 Å². The molecule has 2 rings (SSSR count). The van der Waals surface area contributed by atoms with Gasteiger partial charge in [0.25, 0.3) is 0 Å². The lowest BCUT2D eigenvalue weighted by molar-refractivity contribution is 0.580. The molecule has 6 heteroatoms. The quantitative estimate of drug-likeness (QED) is 0.829. The number of hydrogen-bond acceptors (Lipinski definition) is 3. The summed E-state index contributed by atoms with van der Waals surface area (Å²) in [6.45, 7) is 0.130. The number of sulfonamides is 1. The van der Waals surface area contributed by atoms with Crippen LogP contribution in [0.1, 0.15) is 11.1 Å². The minimum absolute atomic E-state index is 0.130. The monoisotopic (exact) mass is 294 g/mol. The minimum Gasteiger partial charge on any atom is -0.399 e. The van der Waals surface area contributed by atoms with Crippen molar-refractivity contribution < 1.29 is 12.8 Å². The van der Waals surface area contributed by atoms with Crippen molar-refractivity contribution in [3.8, 4) is 0 Å². The Morgan fingerprint density at radius 3 is 2.40 bits per heavy atom. The van der Waals surface area contributed by atoms with E-state index in [0.29, 0.717) is 16.8 Å². The molecule has 0 bridgehead atoms. The second-order valence-electron chi connectivity index (χ2n) is 4.45. The van der Waals surface area contributed by atoms with Gasteiger partial charge < -0.3 is 5.73 Å². The Balaban J connectivity index is 1.99. The van der Waals surface area contributed by atoms with Gasteiger partial charge in [-0.25, -0.2) is 17.5 Å². The van der Waals surface area contributed by atoms with Gasteiger partial charge >= 0.3 is 0 Å². The van der Waals surface area contributed by atoms with Crippen molar-refractivity contribution in [1.29, 1.82) is 0 Å². The molecule has 0 fully saturated rings. The van der Waals surface area contributed by atoms with E-state index >= 15 is 0 Å². The highest BCUT2D eigenvalue weighted by Gasteiger charge is 2.11. The van der Waals surface area contributed by atoms with E-state index in [4.69, 9.17) is 5.73 Å². The molecule has 0 saturated carbocycles. The summed E-state index contributed by atoms with van der Waals surface area (Å²) >= 11 is 0. The fourth-order valence-corrected chi connectivity index (χ4v) is 2.86. The van der Waals surface area contributed by atoms with E-state index in [1.54, 1.807) is 36.4 Å². The molecule has 0 aromatic heterocycles. The summed E-state index contributed by atoms with van der Waals surface area (Å²) in [5, 5.41) is 0. The second-order valence-corrected chi connectivity index (χ2v) is 6.26. The highest BCUT2D eigenvalue weighted by molar-refractivity contribution is 7.88. The SMILES string of the molecule is Nc1cccc(CS(=O)(=O)NCc2ccc(F)cc2)c1. The Labute approximate surface area is 117 Å². The van der Waals surface area contributed by atoms with Crippen LogP contribution in [-0.2, 0) is 22.3 Å². The first-order valence-electron chi connectivity index (χ1n) is 6.01. The zero-order valence-electron chi connectivity index (χ0n) is 10.7. The highest BCUT2D eigenvalue weighted by Crippen LogP contribution is 2.10. The average Bonchev–Trinajstić information content (AvgIpc) is 2.37. The van der Waals surface area contributed by atoms with Crippen molar-refractivity contribution >= 4 is 15.7 Å². The second kappa shape index (κ2) is 6.02. The van der Waals surface area contributed by atoms with Crippen LogP contribution in [0, 0.1) is 5.82 Å². The lowest BCUT2D eigenvalue weighted by Gasteiger charge is -2.07. The molecule has 4 nitrogen and oxygen atoms in total. The van der Waals surface area contributed by atoms with Crippen molar-refractivity contribution in [2.75, 3.05) is 5.73 Å². The van der Waals surface area contributed by atoms with E-state index in [1.165, 1.54) is 12.1 Å². The van der Waals surface area contributed by atoms with Crippen LogP contribution in [0.25, 0.3) is 0 Å². The molecule has 106 valence electrons. The Morgan fingerprint density at radius 1 is 1.05 bits per heavy atom. The number of nitrogens with one attached hydrogen (secondary N) is 1. The molecular weight excluding hydrogens is 279 g/mol. The fourth-order valence-electron chi connectivity index (χ4n) is 1.75. The van der Waals surface area contributed by atoms with Gasteiger partial charge in [-0.05, 0) is 35.4 Å². The van der Waals surface area contributed by atoms with Gasteiger partial charge in [0.15, 0.2) is 0 Å². The van der Waals surface area contributed by atoms with Gasteiger partial charge in [0.2, 0.25) is 10.0 Å². The lowest BCUT2D eigenvalue weighted by Crippen LogP contribution is -2.24. The molecule has 0 atom stereocenters. The maximum Gasteiger partial charge on any atom is 0.216 e. The van der Waals surface area contributed by atoms with Crippen molar-refractivity contribution in [3.63, 3.8) is 0 Å². The minimum atomic E-state index is -3.46. The summed E-state index contributed by atoms with van der Waals surface area (Å²) in [7, 11) is -3.46. The Morgan fingerprint density at radius 2 is 1.75 bits per heavy atom. The van der Waals surface area contributed by atoms with E-state index in [2.05, 4.69) is 4.72 Å². The number of anilines is 1. The van der Waals surface area contributed by atoms with Crippen molar-refractivity contribution in [2.24, 2.45) is 0 Å². The third kappa shape index (κ3) is 4.32.